The van der Waals surface area contributed by atoms with Crippen molar-refractivity contribution in [3.8, 4) is 5.75 Å². The number of aliphatic hydroxyl groups is 1. The number of rotatable bonds is 11. The second kappa shape index (κ2) is 12.5. The van der Waals surface area contributed by atoms with Gasteiger partial charge in [0, 0.05) is 5.39 Å². The number of ether oxygens (including phenoxy) is 2. The van der Waals surface area contributed by atoms with Gasteiger partial charge in [-0.2, -0.15) is 0 Å². The molecule has 236 valence electrons. The third kappa shape index (κ3) is 6.10. The number of nitrogens with one attached hydrogen (secondary N) is 1. The largest absolute Gasteiger partial charge is 0.462 e. The Morgan fingerprint density at radius 1 is 1.20 bits per heavy atom. The lowest BCUT2D eigenvalue weighted by Gasteiger charge is -2.34. The fourth-order valence-electron chi connectivity index (χ4n) is 4.72. The third-order valence-corrected chi connectivity index (χ3v) is 9.40. The summed E-state index contributed by atoms with van der Waals surface area (Å²) in [5.41, 5.74) is 2.99. The zero-order valence-electron chi connectivity index (χ0n) is 23.7. The Hall–Kier alpha value is -3.40. The number of aliphatic hydroxyl groups excluding tert-OH is 1. The molecule has 4 N–H and O–H groups in total. The highest BCUT2D eigenvalue weighted by Crippen LogP contribution is 2.51. The third-order valence-electron chi connectivity index (χ3n) is 6.93. The Morgan fingerprint density at radius 3 is 2.66 bits per heavy atom. The molecule has 44 heavy (non-hydrogen) atoms. The Balaban J connectivity index is 1.47. The molecule has 0 amide bonds. The average Bonchev–Trinajstić information content (AvgIpc) is 3.52. The molecule has 1 fully saturated rings. The molecule has 3 heterocycles. The maximum Gasteiger partial charge on any atom is 0.323 e. The van der Waals surface area contributed by atoms with E-state index in [2.05, 4.69) is 20.0 Å². The van der Waals surface area contributed by atoms with Crippen molar-refractivity contribution in [1.82, 2.24) is 24.6 Å². The van der Waals surface area contributed by atoms with Crippen LogP contribution in [-0.2, 0) is 30.6 Å². The van der Waals surface area contributed by atoms with Crippen molar-refractivity contribution >= 4 is 52.2 Å². The van der Waals surface area contributed by atoms with Gasteiger partial charge in [0.05, 0.1) is 19.0 Å². The highest BCUT2D eigenvalue weighted by atomic mass is 32.5. The van der Waals surface area contributed by atoms with E-state index in [0.717, 1.165) is 22.6 Å². The number of fused-ring (bicyclic) bond motifs is 2. The molecule has 1 aliphatic rings. The molecular weight excluding hydrogens is 624 g/mol. The monoisotopic (exact) mass is 654 g/mol. The van der Waals surface area contributed by atoms with Gasteiger partial charge in [-0.3, -0.25) is 9.36 Å². The van der Waals surface area contributed by atoms with Crippen LogP contribution in [0.4, 0.5) is 19.0 Å². The van der Waals surface area contributed by atoms with Crippen LogP contribution in [0.15, 0.2) is 55.1 Å². The van der Waals surface area contributed by atoms with Crippen LogP contribution in [0.1, 0.15) is 27.0 Å². The molecule has 2 aromatic heterocycles. The van der Waals surface area contributed by atoms with Crippen LogP contribution >= 0.6 is 6.64 Å². The first-order valence-electron chi connectivity index (χ1n) is 13.5. The van der Waals surface area contributed by atoms with Gasteiger partial charge in [0.15, 0.2) is 29.5 Å². The van der Waals surface area contributed by atoms with Crippen molar-refractivity contribution in [2.75, 3.05) is 12.3 Å². The molecule has 17 heteroatoms. The molecule has 0 aliphatic carbocycles. The number of hydrogen-bond donors (Lipinski definition) is 3. The Kier molecular flexibility index (Phi) is 9.12. The molecule has 6 atom stereocenters. The molecule has 0 radical (unpaired) electrons. The fraction of sp³-hybridized carbons (Fsp3) is 0.407. The summed E-state index contributed by atoms with van der Waals surface area (Å²) in [6.45, 7) is -0.292. The molecule has 4 aromatic rings. The maximum atomic E-state index is 15.6. The number of hydrogen-bond acceptors (Lipinski definition) is 11. The van der Waals surface area contributed by atoms with E-state index in [1.807, 2.05) is 18.2 Å². The Labute approximate surface area is 254 Å². The number of alkyl halides is 3. The predicted molar refractivity (Wildman–Crippen MR) is 158 cm³/mol. The van der Waals surface area contributed by atoms with E-state index in [9.17, 15) is 18.7 Å². The van der Waals surface area contributed by atoms with Crippen LogP contribution in [-0.4, -0.2) is 73.6 Å². The highest BCUT2D eigenvalue weighted by molar-refractivity contribution is 8.09. The average molecular weight is 655 g/mol. The molecular formula is C27H30F3N6O6PS. The lowest BCUT2D eigenvalue weighted by molar-refractivity contribution is -0.191. The predicted octanol–water partition coefficient (Wildman–Crippen LogP) is 4.04. The van der Waals surface area contributed by atoms with Gasteiger partial charge in [0.2, 0.25) is 0 Å². The van der Waals surface area contributed by atoms with E-state index in [-0.39, 0.29) is 22.7 Å². The van der Waals surface area contributed by atoms with E-state index in [1.54, 1.807) is 38.1 Å². The molecule has 5 rings (SSSR count). The van der Waals surface area contributed by atoms with E-state index in [1.165, 1.54) is 6.92 Å². The summed E-state index contributed by atoms with van der Waals surface area (Å²) in [7, 11) is 0. The van der Waals surface area contributed by atoms with Crippen molar-refractivity contribution in [1.29, 1.82) is 0 Å². The van der Waals surface area contributed by atoms with Gasteiger partial charge in [-0.15, -0.1) is 0 Å². The number of carbonyl (C=O) groups excluding carboxylic acids is 1. The summed E-state index contributed by atoms with van der Waals surface area (Å²) in [4.78, 5) is 24.5. The zero-order chi connectivity index (χ0) is 31.8. The number of nitrogens with zero attached hydrogens (tertiary/aromatic N) is 4. The van der Waals surface area contributed by atoms with Gasteiger partial charge >= 0.3 is 12.6 Å². The molecule has 0 saturated carbocycles. The number of anilines is 1. The van der Waals surface area contributed by atoms with Gasteiger partial charge in [-0.25, -0.2) is 33.2 Å². The van der Waals surface area contributed by atoms with E-state index < -0.39 is 61.9 Å². The minimum absolute atomic E-state index is 0.00639. The normalized spacial score (nSPS) is 24.2. The molecule has 0 spiro atoms. The van der Waals surface area contributed by atoms with Crippen LogP contribution in [0.25, 0.3) is 21.9 Å². The van der Waals surface area contributed by atoms with Crippen LogP contribution < -0.4 is 15.3 Å². The first-order valence-corrected chi connectivity index (χ1v) is 16.1. The summed E-state index contributed by atoms with van der Waals surface area (Å²) >= 11 is 5.71. The van der Waals surface area contributed by atoms with Crippen LogP contribution in [0.5, 0.6) is 5.75 Å². The number of nitrogens with two attached hydrogens (primary N) is 1. The van der Waals surface area contributed by atoms with Crippen molar-refractivity contribution in [3.05, 3.63) is 55.1 Å². The molecule has 2 aromatic carbocycles. The van der Waals surface area contributed by atoms with E-state index in [4.69, 9.17) is 36.1 Å². The summed E-state index contributed by atoms with van der Waals surface area (Å²) in [6, 6.07) is 11.2. The van der Waals surface area contributed by atoms with Gasteiger partial charge in [-0.1, -0.05) is 36.4 Å². The first-order chi connectivity index (χ1) is 20.8. The lowest BCUT2D eigenvalue weighted by Crippen LogP contribution is -2.52. The summed E-state index contributed by atoms with van der Waals surface area (Å²) in [6.07, 6.45) is -8.26. The minimum Gasteiger partial charge on any atom is -0.462 e. The van der Waals surface area contributed by atoms with Crippen molar-refractivity contribution in [2.45, 2.75) is 63.4 Å². The van der Waals surface area contributed by atoms with Gasteiger partial charge in [-0.05, 0) is 44.0 Å². The molecule has 6 unspecified atom stereocenters. The minimum atomic E-state index is -3.93. The number of aromatic nitrogens is 4. The summed E-state index contributed by atoms with van der Waals surface area (Å²) < 4.78 is 69.0. The number of imidazole rings is 1. The number of benzene rings is 2. The second-order valence-electron chi connectivity index (χ2n) is 10.4. The van der Waals surface area contributed by atoms with Crippen LogP contribution in [0.3, 0.4) is 0 Å². The molecule has 1 aliphatic heterocycles. The Morgan fingerprint density at radius 2 is 1.93 bits per heavy atom. The quantitative estimate of drug-likeness (QED) is 0.158. The SMILES string of the molecule is CC(C)OC(=O)C(C)NP(=S)(OCC1(C(F)F)OC(n2cnc3c(N)ncnc32)C(F)C1O)Oc1cccc2ccccc12. The smallest absolute Gasteiger partial charge is 0.323 e. The van der Waals surface area contributed by atoms with Gasteiger partial charge in [0.1, 0.15) is 29.7 Å². The number of halogens is 3. The van der Waals surface area contributed by atoms with Crippen molar-refractivity contribution in [3.63, 3.8) is 0 Å². The van der Waals surface area contributed by atoms with E-state index >= 15 is 4.39 Å². The maximum absolute atomic E-state index is 15.6. The number of carbonyl (C=O) groups is 1. The standard InChI is InChI=1S/C27H30F3N6O6PS/c1-14(2)40-25(38)15(3)35-43(44,42-18-10-6-8-16-7-4-5-9-17(16)18)39-11-27(26(29)30)21(37)19(28)24(41-27)36-13-34-20-22(31)32-12-33-23(20)36/h4-10,12-15,19,21,24,26,37H,11H2,1-3H3,(H,35,44)(H2,31,32,33). The number of nitrogen functional groups attached to an aromatic ring is 1. The fourth-order valence-corrected chi connectivity index (χ4v) is 7.14. The second-order valence-corrected chi connectivity index (χ2v) is 13.5. The van der Waals surface area contributed by atoms with Gasteiger partial charge < -0.3 is 29.4 Å². The first kappa shape index (κ1) is 32.0. The zero-order valence-corrected chi connectivity index (χ0v) is 25.4. The van der Waals surface area contributed by atoms with Crippen LogP contribution in [0.2, 0.25) is 0 Å². The van der Waals surface area contributed by atoms with Gasteiger partial charge in [0.25, 0.3) is 6.43 Å². The summed E-state index contributed by atoms with van der Waals surface area (Å²) in [5, 5.41) is 15.1. The topological polar surface area (TPSA) is 156 Å². The lowest BCUT2D eigenvalue weighted by atomic mass is 9.97. The molecule has 1 saturated heterocycles. The highest BCUT2D eigenvalue weighted by Gasteiger charge is 2.62. The van der Waals surface area contributed by atoms with Crippen LogP contribution in [0, 0.1) is 0 Å². The molecule has 0 bridgehead atoms. The number of esters is 1. The van der Waals surface area contributed by atoms with E-state index in [0.29, 0.717) is 5.39 Å². The Bertz CT molecular complexity index is 1710. The summed E-state index contributed by atoms with van der Waals surface area (Å²) in [5.74, 6) is -0.475. The van der Waals surface area contributed by atoms with Crippen molar-refractivity contribution < 1.29 is 41.6 Å². The molecule has 12 nitrogen and oxygen atoms in total. The van der Waals surface area contributed by atoms with Crippen molar-refractivity contribution in [2.24, 2.45) is 0 Å².